The molecule has 0 amide bonds. The Balaban J connectivity index is 0.000000114. The van der Waals surface area contributed by atoms with E-state index in [1.165, 1.54) is 5.39 Å². The predicted molar refractivity (Wildman–Crippen MR) is 421 cm³/mol. The molecule has 0 saturated carbocycles. The van der Waals surface area contributed by atoms with Crippen molar-refractivity contribution in [1.29, 1.82) is 0 Å². The summed E-state index contributed by atoms with van der Waals surface area (Å²) in [5.74, 6) is 1.37. The molecule has 0 atom stereocenters. The molecule has 0 radical (unpaired) electrons. The van der Waals surface area contributed by atoms with Gasteiger partial charge in [0.2, 0.25) is 0 Å². The Morgan fingerprint density at radius 3 is 1.03 bits per heavy atom. The molecule has 0 aliphatic rings. The molecule has 103 heavy (non-hydrogen) atoms. The largest absolute Gasteiger partial charge is 0.455 e. The summed E-state index contributed by atoms with van der Waals surface area (Å²) in [6.07, 6.45) is 0. The van der Waals surface area contributed by atoms with Crippen LogP contribution in [0.25, 0.3) is 205 Å². The molecule has 0 bridgehead atoms. The van der Waals surface area contributed by atoms with Gasteiger partial charge >= 0.3 is 0 Å². The lowest BCUT2D eigenvalue weighted by Crippen LogP contribution is -1.97. The molecule has 22 rings (SSSR count). The number of fused-ring (bicyclic) bond motifs is 24. The van der Waals surface area contributed by atoms with E-state index in [2.05, 4.69) is 179 Å². The number of nitrogens with one attached hydrogen (secondary N) is 1. The lowest BCUT2D eigenvalue weighted by atomic mass is 10.0. The first-order valence-corrected chi connectivity index (χ1v) is 34.6. The first-order valence-electron chi connectivity index (χ1n) is 34.2. The van der Waals surface area contributed by atoms with E-state index >= 15 is 0 Å². The number of H-pyrrole nitrogens is 1. The second-order valence-electron chi connectivity index (χ2n) is 25.6. The smallest absolute Gasteiger partial charge is 0.160 e. The Hall–Kier alpha value is -13.7. The summed E-state index contributed by atoms with van der Waals surface area (Å²) in [5.41, 5.74) is 21.9. The fraction of sp³-hybridized carbons (Fsp3) is 0. The molecule has 11 heteroatoms. The summed E-state index contributed by atoms with van der Waals surface area (Å²) in [6.45, 7) is 0. The van der Waals surface area contributed by atoms with Gasteiger partial charge in [-0.25, -0.2) is 19.9 Å². The highest BCUT2D eigenvalue weighted by atomic mass is 35.5. The van der Waals surface area contributed by atoms with E-state index in [0.29, 0.717) is 16.7 Å². The molecule has 1 N–H and O–H groups in total. The van der Waals surface area contributed by atoms with Gasteiger partial charge in [0, 0.05) is 81.9 Å². The average molecular weight is 1340 g/mol. The topological polar surface area (TPSA) is 125 Å². The SMILES string of the molecule is Clc1ccc(-c2nc(-c3ccccc3)cc(-c3ccccc3)n2)cc1.c1ccc(-c2cc(-c3ccccc3)nc(-c3ccc(-n4c5ccccc5c5c6oc7ccccc7c6c6oc7ccccc7c6c54)cc3)n2)cc1.c1ccc2c(c1)[nH]c1c2c2oc3ccccc3c2c2oc3ccccc3c12. The number of hydrogen-bond acceptors (Lipinski definition) is 8. The zero-order valence-electron chi connectivity index (χ0n) is 54.9. The third-order valence-corrected chi connectivity index (χ3v) is 19.8. The highest BCUT2D eigenvalue weighted by Crippen LogP contribution is 2.50. The third-order valence-electron chi connectivity index (χ3n) is 19.6. The zero-order valence-corrected chi connectivity index (χ0v) is 55.7. The average Bonchev–Trinajstić information content (AvgIpc) is 1.53. The Morgan fingerprint density at radius 2 is 0.592 bits per heavy atom. The molecule has 8 aromatic heterocycles. The van der Waals surface area contributed by atoms with Crippen molar-refractivity contribution in [2.24, 2.45) is 0 Å². The van der Waals surface area contributed by atoms with E-state index in [9.17, 15) is 0 Å². The lowest BCUT2D eigenvalue weighted by molar-refractivity contribution is 0.664. The van der Waals surface area contributed by atoms with Crippen molar-refractivity contribution < 1.29 is 17.7 Å². The summed E-state index contributed by atoms with van der Waals surface area (Å²) in [4.78, 5) is 23.3. The molecule has 0 aliphatic carbocycles. The minimum Gasteiger partial charge on any atom is -0.455 e. The summed E-state index contributed by atoms with van der Waals surface area (Å²) >= 11 is 6.01. The standard InChI is InChI=1S/C46H27N3O2.C24H13NO2.C22H15ClN2/c1-3-13-28(14-4-1)35-27-36(29-15-5-2-6-16-29)48-46(47-35)30-23-25-31(26-24-30)49-37-20-10-7-17-32(37)40-43(49)41-33-18-8-11-21-38(33)50-45(41)42-34-19-9-12-22-39(34)51-44(40)42;1-4-10-16-13(7-1)19-22(25-16)20-14-8-2-5-11-17(14)26-24(20)21-15-9-3-6-12-18(15)27-23(19)21;23-19-13-11-18(12-14-19)22-24-20(16-7-3-1-4-8-16)15-21(25-22)17-9-5-2-6-10-17/h1-27H;1-12,25H;1-15H. The number of furan rings is 4. The van der Waals surface area contributed by atoms with Crippen molar-refractivity contribution in [2.45, 2.75) is 0 Å². The summed E-state index contributed by atoms with van der Waals surface area (Å²) in [6, 6.07) is 111. The fourth-order valence-corrected chi connectivity index (χ4v) is 15.0. The lowest BCUT2D eigenvalue weighted by Gasteiger charge is -2.12. The van der Waals surface area contributed by atoms with Gasteiger partial charge in [0.1, 0.15) is 44.7 Å². The maximum Gasteiger partial charge on any atom is 0.160 e. The number of para-hydroxylation sites is 6. The van der Waals surface area contributed by atoms with E-state index < -0.39 is 0 Å². The van der Waals surface area contributed by atoms with Gasteiger partial charge < -0.3 is 27.2 Å². The van der Waals surface area contributed by atoms with Crippen molar-refractivity contribution in [1.82, 2.24) is 29.5 Å². The van der Waals surface area contributed by atoms with Crippen LogP contribution in [0.4, 0.5) is 0 Å². The van der Waals surface area contributed by atoms with E-state index in [1.807, 2.05) is 158 Å². The number of hydrogen-bond donors (Lipinski definition) is 1. The van der Waals surface area contributed by atoms with Crippen molar-refractivity contribution in [2.75, 3.05) is 0 Å². The van der Waals surface area contributed by atoms with Crippen LogP contribution in [0.1, 0.15) is 0 Å². The number of aromatic amines is 1. The Kier molecular flexibility index (Phi) is 14.0. The van der Waals surface area contributed by atoms with Crippen LogP contribution in [0.3, 0.4) is 0 Å². The third kappa shape index (κ3) is 10.0. The van der Waals surface area contributed by atoms with Crippen LogP contribution >= 0.6 is 11.6 Å². The van der Waals surface area contributed by atoms with Gasteiger partial charge in [-0.2, -0.15) is 0 Å². The Labute approximate surface area is 592 Å². The van der Waals surface area contributed by atoms with Gasteiger partial charge in [-0.1, -0.05) is 242 Å². The van der Waals surface area contributed by atoms with Crippen LogP contribution in [-0.4, -0.2) is 29.5 Å². The van der Waals surface area contributed by atoms with Crippen LogP contribution in [0.5, 0.6) is 0 Å². The van der Waals surface area contributed by atoms with Gasteiger partial charge in [-0.15, -0.1) is 0 Å². The van der Waals surface area contributed by atoms with Gasteiger partial charge in [0.05, 0.1) is 71.6 Å². The molecule has 0 saturated heterocycles. The van der Waals surface area contributed by atoms with Crippen molar-refractivity contribution >= 4 is 143 Å². The Bertz CT molecular complexity index is 6660. The second kappa shape index (κ2) is 24.3. The number of rotatable bonds is 7. The highest BCUT2D eigenvalue weighted by Gasteiger charge is 2.28. The predicted octanol–water partition coefficient (Wildman–Crippen LogP) is 25.6. The van der Waals surface area contributed by atoms with Gasteiger partial charge in [0.25, 0.3) is 0 Å². The Morgan fingerprint density at radius 1 is 0.272 bits per heavy atom. The van der Waals surface area contributed by atoms with Crippen molar-refractivity contribution in [3.63, 3.8) is 0 Å². The first kappa shape index (κ1) is 59.4. The molecule has 0 aliphatic heterocycles. The maximum atomic E-state index is 6.71. The van der Waals surface area contributed by atoms with Crippen LogP contribution in [0.2, 0.25) is 5.02 Å². The van der Waals surface area contributed by atoms with Crippen molar-refractivity contribution in [3.8, 4) is 73.5 Å². The molecular formula is C92H55ClN6O4. The van der Waals surface area contributed by atoms with Crippen LogP contribution in [0.15, 0.2) is 345 Å². The highest BCUT2D eigenvalue weighted by molar-refractivity contribution is 6.39. The molecular weight excluding hydrogens is 1290 g/mol. The van der Waals surface area contributed by atoms with Gasteiger partial charge in [0.15, 0.2) is 11.6 Å². The molecule has 8 heterocycles. The van der Waals surface area contributed by atoms with E-state index in [0.717, 1.165) is 188 Å². The van der Waals surface area contributed by atoms with E-state index in [1.54, 1.807) is 0 Å². The molecule has 14 aromatic carbocycles. The molecule has 0 fully saturated rings. The molecule has 484 valence electrons. The van der Waals surface area contributed by atoms with Gasteiger partial charge in [-0.05, 0) is 97.1 Å². The molecule has 10 nitrogen and oxygen atoms in total. The van der Waals surface area contributed by atoms with Crippen LogP contribution in [-0.2, 0) is 0 Å². The monoisotopic (exact) mass is 1340 g/mol. The summed E-state index contributed by atoms with van der Waals surface area (Å²) in [7, 11) is 0. The second-order valence-corrected chi connectivity index (χ2v) is 26.1. The minimum absolute atomic E-state index is 0.677. The minimum atomic E-state index is 0.677. The maximum absolute atomic E-state index is 6.71. The number of aromatic nitrogens is 6. The first-order chi connectivity index (χ1) is 51.0. The van der Waals surface area contributed by atoms with Crippen molar-refractivity contribution in [3.05, 3.63) is 333 Å². The van der Waals surface area contributed by atoms with Crippen LogP contribution in [0, 0.1) is 0 Å². The molecule has 22 aromatic rings. The van der Waals surface area contributed by atoms with Gasteiger partial charge in [-0.3, -0.25) is 0 Å². The fourth-order valence-electron chi connectivity index (χ4n) is 14.9. The number of halogens is 1. The van der Waals surface area contributed by atoms with E-state index in [-0.39, 0.29) is 0 Å². The summed E-state index contributed by atoms with van der Waals surface area (Å²) in [5, 5.41) is 13.8. The van der Waals surface area contributed by atoms with Crippen LogP contribution < -0.4 is 0 Å². The summed E-state index contributed by atoms with van der Waals surface area (Å²) < 4.78 is 28.5. The molecule has 0 spiro atoms. The molecule has 0 unspecified atom stereocenters. The number of nitrogens with zero attached hydrogens (tertiary/aromatic N) is 5. The normalized spacial score (nSPS) is 11.7. The zero-order chi connectivity index (χ0) is 68.1. The van der Waals surface area contributed by atoms with E-state index in [4.69, 9.17) is 49.2 Å². The quantitative estimate of drug-likeness (QED) is 0.167. The number of benzene rings is 14.